The molecule has 0 aromatic heterocycles. The molecular weight excluding hydrogens is 462 g/mol. The Bertz CT molecular complexity index is 611. The van der Waals surface area contributed by atoms with Crippen LogP contribution in [0.25, 0.3) is 0 Å². The van der Waals surface area contributed by atoms with E-state index in [0.717, 1.165) is 25.0 Å². The van der Waals surface area contributed by atoms with Crippen LogP contribution in [0.15, 0.2) is 29.3 Å². The fraction of sp³-hybridized carbons (Fsp3) is 0.579. The zero-order valence-electron chi connectivity index (χ0n) is 16.0. The van der Waals surface area contributed by atoms with E-state index in [-0.39, 0.29) is 42.1 Å². The van der Waals surface area contributed by atoms with Gasteiger partial charge >= 0.3 is 0 Å². The molecule has 1 aromatic rings. The summed E-state index contributed by atoms with van der Waals surface area (Å²) < 4.78 is 18.7. The second-order valence-electron chi connectivity index (χ2n) is 6.57. The van der Waals surface area contributed by atoms with Crippen LogP contribution in [-0.2, 0) is 16.0 Å². The number of likely N-dealkylation sites (N-methyl/N-ethyl adjacent to an activating group) is 1. The Morgan fingerprint density at radius 3 is 2.74 bits per heavy atom. The highest BCUT2D eigenvalue weighted by Crippen LogP contribution is 2.28. The van der Waals surface area contributed by atoms with Crippen LogP contribution in [0, 0.1) is 11.7 Å². The minimum atomic E-state index is -0.329. The maximum atomic E-state index is 13.1. The normalized spacial score (nSPS) is 13.7. The summed E-state index contributed by atoms with van der Waals surface area (Å²) in [6.07, 6.45) is 2.76. The first-order valence-electron chi connectivity index (χ1n) is 9.09. The van der Waals surface area contributed by atoms with Gasteiger partial charge < -0.3 is 20.3 Å². The topological polar surface area (TPSA) is 66.0 Å². The van der Waals surface area contributed by atoms with E-state index in [2.05, 4.69) is 15.6 Å². The lowest BCUT2D eigenvalue weighted by Crippen LogP contribution is -2.43. The zero-order chi connectivity index (χ0) is 18.8. The lowest BCUT2D eigenvalue weighted by molar-refractivity contribution is -0.120. The van der Waals surface area contributed by atoms with Gasteiger partial charge in [-0.05, 0) is 36.5 Å². The Labute approximate surface area is 178 Å². The third-order valence-corrected chi connectivity index (χ3v) is 4.18. The number of halogens is 2. The molecule has 1 amide bonds. The third kappa shape index (κ3) is 9.90. The molecule has 1 aromatic carbocycles. The van der Waals surface area contributed by atoms with Gasteiger partial charge in [0.1, 0.15) is 5.82 Å². The molecule has 1 aliphatic rings. The zero-order valence-corrected chi connectivity index (χ0v) is 18.4. The van der Waals surface area contributed by atoms with Gasteiger partial charge in [0.15, 0.2) is 5.96 Å². The number of carbonyl (C=O) groups is 1. The van der Waals surface area contributed by atoms with Crippen molar-refractivity contribution in [2.24, 2.45) is 10.9 Å². The molecule has 0 saturated heterocycles. The van der Waals surface area contributed by atoms with Crippen molar-refractivity contribution in [1.29, 1.82) is 0 Å². The molecule has 1 fully saturated rings. The number of carbonyl (C=O) groups excluding carboxylic acids is 1. The molecule has 1 saturated carbocycles. The van der Waals surface area contributed by atoms with Crippen molar-refractivity contribution < 1.29 is 13.9 Å². The first-order valence-corrected chi connectivity index (χ1v) is 9.09. The first-order chi connectivity index (χ1) is 12.6. The summed E-state index contributed by atoms with van der Waals surface area (Å²) in [5.41, 5.74) is 0.664. The second-order valence-corrected chi connectivity index (χ2v) is 6.57. The summed E-state index contributed by atoms with van der Waals surface area (Å²) in [7, 11) is 3.69. The summed E-state index contributed by atoms with van der Waals surface area (Å²) in [4.78, 5) is 18.1. The number of ether oxygens (including phenoxy) is 1. The molecule has 2 N–H and O–H groups in total. The van der Waals surface area contributed by atoms with Crippen LogP contribution in [0.2, 0.25) is 0 Å². The fourth-order valence-corrected chi connectivity index (χ4v) is 2.50. The van der Waals surface area contributed by atoms with Crippen LogP contribution in [0.3, 0.4) is 0 Å². The van der Waals surface area contributed by atoms with E-state index >= 15 is 0 Å². The fourth-order valence-electron chi connectivity index (χ4n) is 2.50. The molecule has 1 aliphatic carbocycles. The van der Waals surface area contributed by atoms with Gasteiger partial charge in [-0.15, -0.1) is 24.0 Å². The van der Waals surface area contributed by atoms with Crippen molar-refractivity contribution in [2.75, 3.05) is 46.9 Å². The van der Waals surface area contributed by atoms with E-state index in [1.807, 2.05) is 11.9 Å². The van der Waals surface area contributed by atoms with Crippen LogP contribution in [-0.4, -0.2) is 63.7 Å². The number of benzene rings is 1. The third-order valence-electron chi connectivity index (χ3n) is 4.18. The van der Waals surface area contributed by atoms with Crippen molar-refractivity contribution in [3.05, 3.63) is 35.6 Å². The smallest absolute Gasteiger partial charge is 0.224 e. The molecule has 6 nitrogen and oxygen atoms in total. The first kappa shape index (κ1) is 23.6. The van der Waals surface area contributed by atoms with Gasteiger partial charge in [-0.3, -0.25) is 9.79 Å². The van der Waals surface area contributed by atoms with Crippen molar-refractivity contribution >= 4 is 35.8 Å². The SMILES string of the molecule is CN=C(NCCNC(=O)Cc1cccc(F)c1)N(C)CCOCC1CC1.I. The number of hydrogen-bond acceptors (Lipinski definition) is 3. The molecule has 27 heavy (non-hydrogen) atoms. The molecule has 0 bridgehead atoms. The molecule has 0 unspecified atom stereocenters. The van der Waals surface area contributed by atoms with Crippen molar-refractivity contribution in [3.8, 4) is 0 Å². The number of aliphatic imine (C=N–C) groups is 1. The summed E-state index contributed by atoms with van der Waals surface area (Å²) in [6, 6.07) is 6.08. The number of rotatable bonds is 10. The lowest BCUT2D eigenvalue weighted by Gasteiger charge is -2.22. The number of hydrogen-bond donors (Lipinski definition) is 2. The Kier molecular flexibility index (Phi) is 11.3. The van der Waals surface area contributed by atoms with Gasteiger partial charge in [-0.25, -0.2) is 4.39 Å². The quantitative estimate of drug-likeness (QED) is 0.227. The summed E-state index contributed by atoms with van der Waals surface area (Å²) >= 11 is 0. The van der Waals surface area contributed by atoms with Crippen LogP contribution < -0.4 is 10.6 Å². The highest BCUT2D eigenvalue weighted by Gasteiger charge is 2.21. The predicted octanol–water partition coefficient (Wildman–Crippen LogP) is 2.04. The Morgan fingerprint density at radius 2 is 2.07 bits per heavy atom. The van der Waals surface area contributed by atoms with E-state index in [4.69, 9.17) is 4.74 Å². The second kappa shape index (κ2) is 12.9. The standard InChI is InChI=1S/C19H29FN4O2.HI/c1-21-19(24(2)10-11-26-14-15-6-7-15)23-9-8-22-18(25)13-16-4-3-5-17(20)12-16;/h3-5,12,15H,6-11,13-14H2,1-2H3,(H,21,23)(H,22,25);1H. The van der Waals surface area contributed by atoms with Crippen LogP contribution in [0.1, 0.15) is 18.4 Å². The molecule has 0 spiro atoms. The number of nitrogens with zero attached hydrogens (tertiary/aromatic N) is 2. The molecule has 0 heterocycles. The van der Waals surface area contributed by atoms with Gasteiger partial charge in [-0.2, -0.15) is 0 Å². The molecule has 0 aliphatic heterocycles. The van der Waals surface area contributed by atoms with Crippen LogP contribution in [0.5, 0.6) is 0 Å². The van der Waals surface area contributed by atoms with Crippen LogP contribution in [0.4, 0.5) is 4.39 Å². The minimum Gasteiger partial charge on any atom is -0.379 e. The minimum absolute atomic E-state index is 0. The van der Waals surface area contributed by atoms with E-state index in [0.29, 0.717) is 25.3 Å². The van der Waals surface area contributed by atoms with E-state index in [9.17, 15) is 9.18 Å². The summed E-state index contributed by atoms with van der Waals surface area (Å²) in [6.45, 7) is 3.33. The molecule has 2 rings (SSSR count). The lowest BCUT2D eigenvalue weighted by atomic mass is 10.1. The average Bonchev–Trinajstić information content (AvgIpc) is 3.43. The molecule has 152 valence electrons. The van der Waals surface area contributed by atoms with Gasteiger partial charge in [-0.1, -0.05) is 12.1 Å². The monoisotopic (exact) mass is 492 g/mol. The van der Waals surface area contributed by atoms with Crippen LogP contribution >= 0.6 is 24.0 Å². The van der Waals surface area contributed by atoms with Crippen molar-refractivity contribution in [1.82, 2.24) is 15.5 Å². The number of nitrogens with one attached hydrogen (secondary N) is 2. The number of amides is 1. The molecule has 8 heteroatoms. The average molecular weight is 492 g/mol. The Balaban J connectivity index is 0.00000364. The summed E-state index contributed by atoms with van der Waals surface area (Å²) in [5.74, 6) is 1.08. The van der Waals surface area contributed by atoms with E-state index < -0.39 is 0 Å². The molecule has 0 atom stereocenters. The van der Waals surface area contributed by atoms with Crippen molar-refractivity contribution in [3.63, 3.8) is 0 Å². The highest BCUT2D eigenvalue weighted by molar-refractivity contribution is 14.0. The molecular formula is C19H30FIN4O2. The molecule has 0 radical (unpaired) electrons. The predicted molar refractivity (Wildman–Crippen MR) is 116 cm³/mol. The number of guanidine groups is 1. The van der Waals surface area contributed by atoms with E-state index in [1.165, 1.54) is 25.0 Å². The van der Waals surface area contributed by atoms with Gasteiger partial charge in [0.2, 0.25) is 5.91 Å². The van der Waals surface area contributed by atoms with Gasteiger partial charge in [0, 0.05) is 40.3 Å². The highest BCUT2D eigenvalue weighted by atomic mass is 127. The van der Waals surface area contributed by atoms with E-state index in [1.54, 1.807) is 19.2 Å². The van der Waals surface area contributed by atoms with Gasteiger partial charge in [0.05, 0.1) is 13.0 Å². The van der Waals surface area contributed by atoms with Gasteiger partial charge in [0.25, 0.3) is 0 Å². The maximum Gasteiger partial charge on any atom is 0.224 e. The van der Waals surface area contributed by atoms with Crippen molar-refractivity contribution in [2.45, 2.75) is 19.3 Å². The Morgan fingerprint density at radius 1 is 1.33 bits per heavy atom. The largest absolute Gasteiger partial charge is 0.379 e. The maximum absolute atomic E-state index is 13.1. The Hall–Kier alpha value is -1.42. The summed E-state index contributed by atoms with van der Waals surface area (Å²) in [5, 5.41) is 6.02.